The normalized spacial score (nSPS) is 34.7. The lowest BCUT2D eigenvalue weighted by Gasteiger charge is -2.57. The lowest BCUT2D eigenvalue weighted by atomic mass is 9.49. The number of amides is 1. The Morgan fingerprint density at radius 2 is 1.91 bits per heavy atom. The maximum atomic E-state index is 11.9. The summed E-state index contributed by atoms with van der Waals surface area (Å²) in [6.45, 7) is 0.687. The fourth-order valence-electron chi connectivity index (χ4n) is 5.70. The van der Waals surface area contributed by atoms with Gasteiger partial charge in [-0.2, -0.15) is 11.8 Å². The number of thioether (sulfide) groups is 1. The molecule has 2 nitrogen and oxygen atoms in total. The average Bonchev–Trinajstić information content (AvgIpc) is 3.02. The smallest absolute Gasteiger partial charge is 0.230 e. The third kappa shape index (κ3) is 3.79. The van der Waals surface area contributed by atoms with Gasteiger partial charge in [-0.3, -0.25) is 4.79 Å². The van der Waals surface area contributed by atoms with Crippen LogP contribution in [-0.2, 0) is 11.3 Å². The molecule has 1 N–H and O–H groups in total. The highest BCUT2D eigenvalue weighted by Crippen LogP contribution is 2.61. The van der Waals surface area contributed by atoms with E-state index in [2.05, 4.69) is 16.8 Å². The average molecular weight is 350 g/mol. The minimum absolute atomic E-state index is 0.189. The molecule has 4 aliphatic carbocycles. The minimum Gasteiger partial charge on any atom is -0.350 e. The standard InChI is InChI=1S/C19H27NOS2/c21-18(20-12-17-2-1-4-23-17)13-22-5-3-19-9-14-6-15(10-19)8-16(7-14)11-19/h1-2,4,14-16H,3,5-13H2,(H,20,21). The molecule has 4 heteroatoms. The van der Waals surface area contributed by atoms with Gasteiger partial charge < -0.3 is 5.32 Å². The molecule has 0 saturated heterocycles. The van der Waals surface area contributed by atoms with Crippen LogP contribution in [0.1, 0.15) is 49.8 Å². The van der Waals surface area contributed by atoms with Crippen molar-refractivity contribution >= 4 is 29.0 Å². The van der Waals surface area contributed by atoms with Gasteiger partial charge in [0.05, 0.1) is 12.3 Å². The molecule has 1 aromatic heterocycles. The summed E-state index contributed by atoms with van der Waals surface area (Å²) in [6.07, 6.45) is 10.4. The Morgan fingerprint density at radius 1 is 1.22 bits per heavy atom. The second kappa shape index (κ2) is 6.79. The topological polar surface area (TPSA) is 29.1 Å². The van der Waals surface area contributed by atoms with Crippen LogP contribution in [0.25, 0.3) is 0 Å². The molecule has 4 aliphatic rings. The molecule has 4 fully saturated rings. The van der Waals surface area contributed by atoms with Crippen molar-refractivity contribution in [2.24, 2.45) is 23.2 Å². The molecule has 4 saturated carbocycles. The van der Waals surface area contributed by atoms with Gasteiger partial charge in [-0.15, -0.1) is 11.3 Å². The van der Waals surface area contributed by atoms with Crippen molar-refractivity contribution in [2.75, 3.05) is 11.5 Å². The molecule has 0 aliphatic heterocycles. The van der Waals surface area contributed by atoms with Gasteiger partial charge in [0, 0.05) is 4.88 Å². The van der Waals surface area contributed by atoms with Crippen LogP contribution in [0.15, 0.2) is 17.5 Å². The van der Waals surface area contributed by atoms with Crippen LogP contribution < -0.4 is 5.32 Å². The first kappa shape index (κ1) is 16.0. The zero-order valence-electron chi connectivity index (χ0n) is 13.8. The molecule has 0 atom stereocenters. The fourth-order valence-corrected chi connectivity index (χ4v) is 7.35. The monoisotopic (exact) mass is 349 g/mol. The van der Waals surface area contributed by atoms with Crippen LogP contribution in [0.4, 0.5) is 0 Å². The van der Waals surface area contributed by atoms with Gasteiger partial charge in [0.1, 0.15) is 0 Å². The van der Waals surface area contributed by atoms with Gasteiger partial charge in [0.2, 0.25) is 5.91 Å². The molecule has 4 bridgehead atoms. The Labute approximate surface area is 147 Å². The Balaban J connectivity index is 1.17. The number of thiophene rings is 1. The highest BCUT2D eigenvalue weighted by Gasteiger charge is 2.50. The number of carbonyl (C=O) groups is 1. The van der Waals surface area contributed by atoms with Crippen molar-refractivity contribution < 1.29 is 4.79 Å². The predicted octanol–water partition coefficient (Wildman–Crippen LogP) is 4.70. The Kier molecular flexibility index (Phi) is 4.73. The first-order valence-electron chi connectivity index (χ1n) is 9.08. The van der Waals surface area contributed by atoms with Crippen LogP contribution in [-0.4, -0.2) is 17.4 Å². The number of hydrogen-bond donors (Lipinski definition) is 1. The highest BCUT2D eigenvalue weighted by atomic mass is 32.2. The van der Waals surface area contributed by atoms with Crippen LogP contribution in [0.5, 0.6) is 0 Å². The first-order valence-corrected chi connectivity index (χ1v) is 11.1. The summed E-state index contributed by atoms with van der Waals surface area (Å²) in [5, 5.41) is 5.09. The molecule has 0 radical (unpaired) electrons. The molecular weight excluding hydrogens is 322 g/mol. The molecule has 0 aromatic carbocycles. The zero-order chi connectivity index (χ0) is 15.7. The van der Waals surface area contributed by atoms with Gasteiger partial charge >= 0.3 is 0 Å². The van der Waals surface area contributed by atoms with E-state index in [1.807, 2.05) is 17.8 Å². The number of nitrogens with one attached hydrogen (secondary N) is 1. The molecule has 1 aromatic rings. The minimum atomic E-state index is 0.189. The van der Waals surface area contributed by atoms with E-state index in [0.29, 0.717) is 17.7 Å². The zero-order valence-corrected chi connectivity index (χ0v) is 15.4. The summed E-state index contributed by atoms with van der Waals surface area (Å²) in [7, 11) is 0. The van der Waals surface area contributed by atoms with E-state index in [0.717, 1.165) is 17.8 Å². The van der Waals surface area contributed by atoms with E-state index in [1.165, 1.54) is 55.6 Å². The second-order valence-electron chi connectivity index (χ2n) is 8.08. The van der Waals surface area contributed by atoms with Crippen molar-refractivity contribution in [2.45, 2.75) is 51.5 Å². The quantitative estimate of drug-likeness (QED) is 0.723. The number of rotatable bonds is 7. The van der Waals surface area contributed by atoms with E-state index < -0.39 is 0 Å². The third-order valence-corrected chi connectivity index (χ3v) is 8.05. The van der Waals surface area contributed by atoms with Gasteiger partial charge in [-0.05, 0) is 85.3 Å². The third-order valence-electron chi connectivity index (χ3n) is 6.21. The summed E-state index contributed by atoms with van der Waals surface area (Å²) >= 11 is 3.54. The van der Waals surface area contributed by atoms with Crippen molar-refractivity contribution in [3.05, 3.63) is 22.4 Å². The largest absolute Gasteiger partial charge is 0.350 e. The van der Waals surface area contributed by atoms with Crippen molar-refractivity contribution in [1.82, 2.24) is 5.32 Å². The van der Waals surface area contributed by atoms with Crippen molar-refractivity contribution in [1.29, 1.82) is 0 Å². The van der Waals surface area contributed by atoms with E-state index in [4.69, 9.17) is 0 Å². The lowest BCUT2D eigenvalue weighted by Crippen LogP contribution is -2.46. The Morgan fingerprint density at radius 3 is 2.52 bits per heavy atom. The molecule has 0 spiro atoms. The number of hydrogen-bond acceptors (Lipinski definition) is 3. The van der Waals surface area contributed by atoms with E-state index in [1.54, 1.807) is 11.3 Å². The second-order valence-corrected chi connectivity index (χ2v) is 10.2. The Hall–Kier alpha value is -0.480. The molecule has 0 unspecified atom stereocenters. The summed E-state index contributed by atoms with van der Waals surface area (Å²) in [4.78, 5) is 13.2. The van der Waals surface area contributed by atoms with Crippen molar-refractivity contribution in [3.63, 3.8) is 0 Å². The molecule has 1 amide bonds. The SMILES string of the molecule is O=C(CSCCC12CC3CC(CC(C3)C1)C2)NCc1cccs1. The molecule has 5 rings (SSSR count). The van der Waals surface area contributed by atoms with Gasteiger partial charge in [-0.25, -0.2) is 0 Å². The number of carbonyl (C=O) groups excluding carboxylic acids is 1. The highest BCUT2D eigenvalue weighted by molar-refractivity contribution is 7.99. The van der Waals surface area contributed by atoms with Crippen LogP contribution in [0.2, 0.25) is 0 Å². The van der Waals surface area contributed by atoms with Crippen LogP contribution in [0, 0.1) is 23.2 Å². The molecule has 23 heavy (non-hydrogen) atoms. The van der Waals surface area contributed by atoms with E-state index in [-0.39, 0.29) is 5.91 Å². The van der Waals surface area contributed by atoms with Gasteiger partial charge in [-0.1, -0.05) is 6.07 Å². The van der Waals surface area contributed by atoms with Crippen molar-refractivity contribution in [3.8, 4) is 0 Å². The maximum Gasteiger partial charge on any atom is 0.230 e. The molecule has 126 valence electrons. The molecular formula is C19H27NOS2. The summed E-state index contributed by atoms with van der Waals surface area (Å²) in [5.74, 6) is 5.10. The lowest BCUT2D eigenvalue weighted by molar-refractivity contribution is -0.118. The summed E-state index contributed by atoms with van der Waals surface area (Å²) in [5.41, 5.74) is 0.662. The van der Waals surface area contributed by atoms with Crippen LogP contribution in [0.3, 0.4) is 0 Å². The first-order chi connectivity index (χ1) is 11.2. The maximum absolute atomic E-state index is 11.9. The predicted molar refractivity (Wildman–Crippen MR) is 98.7 cm³/mol. The van der Waals surface area contributed by atoms with Gasteiger partial charge in [0.15, 0.2) is 0 Å². The van der Waals surface area contributed by atoms with E-state index >= 15 is 0 Å². The Bertz CT molecular complexity index is 504. The fraction of sp³-hybridized carbons (Fsp3) is 0.737. The molecule has 1 heterocycles. The van der Waals surface area contributed by atoms with Crippen LogP contribution >= 0.6 is 23.1 Å². The summed E-state index contributed by atoms with van der Waals surface area (Å²) in [6, 6.07) is 4.11. The van der Waals surface area contributed by atoms with Gasteiger partial charge in [0.25, 0.3) is 0 Å². The van der Waals surface area contributed by atoms with E-state index in [9.17, 15) is 4.79 Å². The summed E-state index contributed by atoms with van der Waals surface area (Å²) < 4.78 is 0.